The molecule has 1 saturated heterocycles. The average molecular weight is 243 g/mol. The predicted octanol–water partition coefficient (Wildman–Crippen LogP) is 3.37. The molecule has 1 aliphatic heterocycles. The predicted molar refractivity (Wildman–Crippen MR) is 60.7 cm³/mol. The Kier molecular flexibility index (Phi) is 3.43. The van der Waals surface area contributed by atoms with Crippen LogP contribution in [0.4, 0.5) is 13.2 Å². The molecule has 1 aromatic rings. The summed E-state index contributed by atoms with van der Waals surface area (Å²) in [5.41, 5.74) is 0.173. The van der Waals surface area contributed by atoms with Crippen LogP contribution in [0.3, 0.4) is 0 Å². The van der Waals surface area contributed by atoms with Gasteiger partial charge in [-0.15, -0.1) is 0 Å². The van der Waals surface area contributed by atoms with Crippen LogP contribution in [0.2, 0.25) is 0 Å². The van der Waals surface area contributed by atoms with Crippen molar-refractivity contribution in [3.05, 3.63) is 35.1 Å². The van der Waals surface area contributed by atoms with E-state index in [1.165, 1.54) is 19.1 Å². The lowest BCUT2D eigenvalue weighted by atomic mass is 9.98. The van der Waals surface area contributed by atoms with Gasteiger partial charge in [0, 0.05) is 18.0 Å². The smallest absolute Gasteiger partial charge is 0.274 e. The minimum absolute atomic E-state index is 0.0925. The number of alkyl halides is 2. The largest absolute Gasteiger partial charge is 0.314 e. The molecular weight excluding hydrogens is 227 g/mol. The maximum absolute atomic E-state index is 14.0. The maximum Gasteiger partial charge on any atom is 0.274 e. The fraction of sp³-hybridized carbons (Fsp3) is 0.538. The Bertz CT molecular complexity index is 398. The van der Waals surface area contributed by atoms with Crippen LogP contribution < -0.4 is 5.32 Å². The van der Waals surface area contributed by atoms with Gasteiger partial charge in [0.25, 0.3) is 5.92 Å². The molecule has 0 saturated carbocycles. The highest BCUT2D eigenvalue weighted by Crippen LogP contribution is 2.35. The van der Waals surface area contributed by atoms with E-state index in [0.717, 1.165) is 25.5 Å². The molecule has 1 N–H and O–H groups in total. The van der Waals surface area contributed by atoms with E-state index >= 15 is 0 Å². The van der Waals surface area contributed by atoms with Gasteiger partial charge in [0.1, 0.15) is 5.82 Å². The Labute approximate surface area is 99.0 Å². The van der Waals surface area contributed by atoms with Gasteiger partial charge in [-0.25, -0.2) is 13.2 Å². The Hall–Kier alpha value is -1.03. The summed E-state index contributed by atoms with van der Waals surface area (Å²) in [5.74, 6) is -3.33. The van der Waals surface area contributed by atoms with Crippen LogP contribution in [0.25, 0.3) is 0 Å². The first-order valence-corrected chi connectivity index (χ1v) is 5.87. The molecule has 4 heteroatoms. The first-order chi connectivity index (χ1) is 7.99. The van der Waals surface area contributed by atoms with Crippen molar-refractivity contribution < 1.29 is 13.2 Å². The van der Waals surface area contributed by atoms with Gasteiger partial charge >= 0.3 is 0 Å². The summed E-state index contributed by atoms with van der Waals surface area (Å²) in [6.07, 6.45) is 1.52. The molecule has 1 nitrogen and oxygen atoms in total. The van der Waals surface area contributed by atoms with Gasteiger partial charge in [0.15, 0.2) is 0 Å². The molecule has 0 aromatic heterocycles. The van der Waals surface area contributed by atoms with Gasteiger partial charge < -0.3 is 5.32 Å². The third-order valence-electron chi connectivity index (χ3n) is 3.25. The summed E-state index contributed by atoms with van der Waals surface area (Å²) in [7, 11) is 0. The van der Waals surface area contributed by atoms with Crippen molar-refractivity contribution in [1.82, 2.24) is 5.32 Å². The van der Waals surface area contributed by atoms with Gasteiger partial charge in [0.2, 0.25) is 0 Å². The molecule has 17 heavy (non-hydrogen) atoms. The molecule has 0 bridgehead atoms. The van der Waals surface area contributed by atoms with Gasteiger partial charge in [0.05, 0.1) is 0 Å². The maximum atomic E-state index is 14.0. The third kappa shape index (κ3) is 2.80. The Morgan fingerprint density at radius 2 is 2.18 bits per heavy atom. The minimum Gasteiger partial charge on any atom is -0.314 e. The first kappa shape index (κ1) is 12.4. The molecule has 1 atom stereocenters. The van der Waals surface area contributed by atoms with Gasteiger partial charge in [-0.05, 0) is 44.0 Å². The van der Waals surface area contributed by atoms with E-state index in [2.05, 4.69) is 5.32 Å². The van der Waals surface area contributed by atoms with E-state index in [-0.39, 0.29) is 23.6 Å². The highest BCUT2D eigenvalue weighted by molar-refractivity contribution is 5.27. The van der Waals surface area contributed by atoms with Crippen LogP contribution in [0, 0.1) is 12.7 Å². The molecule has 0 spiro atoms. The molecule has 0 radical (unpaired) electrons. The molecule has 0 amide bonds. The lowest BCUT2D eigenvalue weighted by Crippen LogP contribution is -2.29. The molecular formula is C13H16F3N. The van der Waals surface area contributed by atoms with E-state index in [0.29, 0.717) is 0 Å². The van der Waals surface area contributed by atoms with Crippen LogP contribution in [-0.2, 0) is 5.92 Å². The van der Waals surface area contributed by atoms with Crippen molar-refractivity contribution in [3.8, 4) is 0 Å². The molecule has 1 unspecified atom stereocenters. The SMILES string of the molecule is Cc1cc(C(F)(F)CC2CCCN2)ccc1F. The van der Waals surface area contributed by atoms with Crippen molar-refractivity contribution >= 4 is 0 Å². The first-order valence-electron chi connectivity index (χ1n) is 5.87. The standard InChI is InChI=1S/C13H16F3N/c1-9-7-10(4-5-12(9)14)13(15,16)8-11-3-2-6-17-11/h4-5,7,11,17H,2-3,6,8H2,1H3. The van der Waals surface area contributed by atoms with Crippen molar-refractivity contribution in [3.63, 3.8) is 0 Å². The summed E-state index contributed by atoms with van der Waals surface area (Å²) in [6, 6.07) is 3.40. The Balaban J connectivity index is 2.14. The number of halogens is 3. The van der Waals surface area contributed by atoms with E-state index in [4.69, 9.17) is 0 Å². The Morgan fingerprint density at radius 1 is 1.41 bits per heavy atom. The summed E-state index contributed by atoms with van der Waals surface area (Å²) >= 11 is 0. The fourth-order valence-electron chi connectivity index (χ4n) is 2.23. The van der Waals surface area contributed by atoms with E-state index < -0.39 is 11.7 Å². The highest BCUT2D eigenvalue weighted by Gasteiger charge is 2.35. The molecule has 94 valence electrons. The van der Waals surface area contributed by atoms with Crippen molar-refractivity contribution in [2.75, 3.05) is 6.54 Å². The number of rotatable bonds is 3. The monoisotopic (exact) mass is 243 g/mol. The van der Waals surface area contributed by atoms with Gasteiger partial charge in [-0.3, -0.25) is 0 Å². The number of hydrogen-bond donors (Lipinski definition) is 1. The summed E-state index contributed by atoms with van der Waals surface area (Å²) in [6.45, 7) is 2.31. The van der Waals surface area contributed by atoms with E-state index in [1.54, 1.807) is 0 Å². The number of nitrogens with one attached hydrogen (secondary N) is 1. The van der Waals surface area contributed by atoms with Crippen molar-refractivity contribution in [2.45, 2.75) is 38.2 Å². The van der Waals surface area contributed by atoms with Crippen LogP contribution >= 0.6 is 0 Å². The van der Waals surface area contributed by atoms with Crippen LogP contribution in [0.5, 0.6) is 0 Å². The van der Waals surface area contributed by atoms with Crippen LogP contribution in [0.1, 0.15) is 30.4 Å². The highest BCUT2D eigenvalue weighted by atomic mass is 19.3. The second-order valence-electron chi connectivity index (χ2n) is 4.67. The quantitative estimate of drug-likeness (QED) is 0.858. The lowest BCUT2D eigenvalue weighted by Gasteiger charge is -2.21. The van der Waals surface area contributed by atoms with E-state index in [1.807, 2.05) is 0 Å². The number of aryl methyl sites for hydroxylation is 1. The van der Waals surface area contributed by atoms with Gasteiger partial charge in [-0.2, -0.15) is 0 Å². The normalized spacial score (nSPS) is 20.8. The molecule has 1 aliphatic rings. The van der Waals surface area contributed by atoms with Crippen LogP contribution in [-0.4, -0.2) is 12.6 Å². The van der Waals surface area contributed by atoms with Gasteiger partial charge in [-0.1, -0.05) is 6.07 Å². The Morgan fingerprint density at radius 3 is 2.76 bits per heavy atom. The molecule has 1 fully saturated rings. The zero-order valence-electron chi connectivity index (χ0n) is 9.77. The van der Waals surface area contributed by atoms with E-state index in [9.17, 15) is 13.2 Å². The lowest BCUT2D eigenvalue weighted by molar-refractivity contribution is -0.0214. The third-order valence-corrected chi connectivity index (χ3v) is 3.25. The summed E-state index contributed by atoms with van der Waals surface area (Å²) < 4.78 is 40.9. The zero-order chi connectivity index (χ0) is 12.5. The second-order valence-corrected chi connectivity index (χ2v) is 4.67. The van der Waals surface area contributed by atoms with Crippen LogP contribution in [0.15, 0.2) is 18.2 Å². The minimum atomic E-state index is -2.89. The fourth-order valence-corrected chi connectivity index (χ4v) is 2.23. The second kappa shape index (κ2) is 4.69. The zero-order valence-corrected chi connectivity index (χ0v) is 9.77. The molecule has 1 heterocycles. The van der Waals surface area contributed by atoms with Crippen molar-refractivity contribution in [2.24, 2.45) is 0 Å². The summed E-state index contributed by atoms with van der Waals surface area (Å²) in [4.78, 5) is 0. The number of benzene rings is 1. The molecule has 0 aliphatic carbocycles. The molecule has 1 aromatic carbocycles. The average Bonchev–Trinajstić information content (AvgIpc) is 2.73. The topological polar surface area (TPSA) is 12.0 Å². The van der Waals surface area contributed by atoms with Crippen molar-refractivity contribution in [1.29, 1.82) is 0 Å². The summed E-state index contributed by atoms with van der Waals surface area (Å²) in [5, 5.41) is 3.05. The molecule has 2 rings (SSSR count). The number of hydrogen-bond acceptors (Lipinski definition) is 1.